The van der Waals surface area contributed by atoms with Crippen molar-refractivity contribution in [1.29, 1.82) is 0 Å². The number of carboxylic acids is 1. The quantitative estimate of drug-likeness (QED) is 0.804. The Labute approximate surface area is 119 Å². The Morgan fingerprint density at radius 3 is 2.68 bits per heavy atom. The highest BCUT2D eigenvalue weighted by Gasteiger charge is 2.11. The molecule has 0 aromatic heterocycles. The summed E-state index contributed by atoms with van der Waals surface area (Å²) in [6, 6.07) is 5.50. The van der Waals surface area contributed by atoms with Crippen molar-refractivity contribution >= 4 is 29.3 Å². The Kier molecular flexibility index (Phi) is 5.90. The lowest BCUT2D eigenvalue weighted by Gasteiger charge is -2.27. The second-order valence-electron chi connectivity index (χ2n) is 4.81. The van der Waals surface area contributed by atoms with E-state index in [1.165, 1.54) is 0 Å². The Balaban J connectivity index is 3.14. The molecule has 0 bridgehead atoms. The summed E-state index contributed by atoms with van der Waals surface area (Å²) in [4.78, 5) is 12.8. The molecule has 0 amide bonds. The zero-order valence-electron chi connectivity index (χ0n) is 11.6. The predicted octanol–water partition coefficient (Wildman–Crippen LogP) is 3.92. The molecule has 0 fully saturated rings. The van der Waals surface area contributed by atoms with Crippen LogP contribution in [0.4, 0.5) is 5.69 Å². The minimum atomic E-state index is -0.951. The van der Waals surface area contributed by atoms with Gasteiger partial charge in [0.1, 0.15) is 0 Å². The highest BCUT2D eigenvalue weighted by atomic mass is 35.5. The van der Waals surface area contributed by atoms with Crippen LogP contribution in [-0.4, -0.2) is 24.2 Å². The Morgan fingerprint density at radius 1 is 1.47 bits per heavy atom. The maximum Gasteiger partial charge on any atom is 0.328 e. The standard InChI is InChI=1S/C15H20ClNO2/c1-4-17(10-11(2)3)14-9-13(16)7-5-12(14)6-8-15(18)19/h5-9,11H,4,10H2,1-3H3,(H,18,19)/b8-6+. The molecule has 0 radical (unpaired) electrons. The van der Waals surface area contributed by atoms with E-state index in [1.807, 2.05) is 12.1 Å². The molecule has 0 spiro atoms. The normalized spacial score (nSPS) is 11.2. The highest BCUT2D eigenvalue weighted by Crippen LogP contribution is 2.26. The number of carbonyl (C=O) groups is 1. The summed E-state index contributed by atoms with van der Waals surface area (Å²) in [7, 11) is 0. The summed E-state index contributed by atoms with van der Waals surface area (Å²) in [5, 5.41) is 9.39. The van der Waals surface area contributed by atoms with Crippen molar-refractivity contribution in [3.05, 3.63) is 34.9 Å². The fourth-order valence-electron chi connectivity index (χ4n) is 1.93. The summed E-state index contributed by atoms with van der Waals surface area (Å²) in [5.41, 5.74) is 1.84. The van der Waals surface area contributed by atoms with Gasteiger partial charge in [0.15, 0.2) is 0 Å². The van der Waals surface area contributed by atoms with Gasteiger partial charge in [-0.15, -0.1) is 0 Å². The highest BCUT2D eigenvalue weighted by molar-refractivity contribution is 6.31. The number of anilines is 1. The molecular weight excluding hydrogens is 262 g/mol. The van der Waals surface area contributed by atoms with Crippen LogP contribution in [0.15, 0.2) is 24.3 Å². The van der Waals surface area contributed by atoms with Crippen LogP contribution in [0.25, 0.3) is 6.08 Å². The van der Waals surface area contributed by atoms with Gasteiger partial charge in [-0.3, -0.25) is 0 Å². The first-order valence-electron chi connectivity index (χ1n) is 6.39. The van der Waals surface area contributed by atoms with E-state index < -0.39 is 5.97 Å². The van der Waals surface area contributed by atoms with Crippen LogP contribution in [0.2, 0.25) is 5.02 Å². The third-order valence-corrected chi connectivity index (χ3v) is 2.94. The second-order valence-corrected chi connectivity index (χ2v) is 5.24. The van der Waals surface area contributed by atoms with E-state index in [0.29, 0.717) is 10.9 Å². The fourth-order valence-corrected chi connectivity index (χ4v) is 2.10. The van der Waals surface area contributed by atoms with Gasteiger partial charge >= 0.3 is 5.97 Å². The molecule has 1 aromatic rings. The molecule has 0 saturated heterocycles. The zero-order chi connectivity index (χ0) is 14.4. The molecule has 3 nitrogen and oxygen atoms in total. The van der Waals surface area contributed by atoms with E-state index in [1.54, 1.807) is 12.1 Å². The van der Waals surface area contributed by atoms with Crippen molar-refractivity contribution in [3.63, 3.8) is 0 Å². The molecule has 0 aliphatic heterocycles. The average Bonchev–Trinajstić information content (AvgIpc) is 2.34. The van der Waals surface area contributed by atoms with E-state index in [9.17, 15) is 4.79 Å². The topological polar surface area (TPSA) is 40.5 Å². The maximum absolute atomic E-state index is 10.6. The molecule has 0 heterocycles. The number of nitrogens with zero attached hydrogens (tertiary/aromatic N) is 1. The van der Waals surface area contributed by atoms with Crippen LogP contribution >= 0.6 is 11.6 Å². The minimum absolute atomic E-state index is 0.523. The lowest BCUT2D eigenvalue weighted by atomic mass is 10.1. The van der Waals surface area contributed by atoms with E-state index in [4.69, 9.17) is 16.7 Å². The zero-order valence-corrected chi connectivity index (χ0v) is 12.3. The van der Waals surface area contributed by atoms with E-state index in [-0.39, 0.29) is 0 Å². The van der Waals surface area contributed by atoms with Crippen LogP contribution in [0.3, 0.4) is 0 Å². The van der Waals surface area contributed by atoms with Crippen molar-refractivity contribution in [2.45, 2.75) is 20.8 Å². The molecule has 0 aliphatic rings. The lowest BCUT2D eigenvalue weighted by molar-refractivity contribution is -0.131. The molecule has 1 N–H and O–H groups in total. The van der Waals surface area contributed by atoms with Gasteiger partial charge in [-0.05, 0) is 36.6 Å². The summed E-state index contributed by atoms with van der Waals surface area (Å²) < 4.78 is 0. The van der Waals surface area contributed by atoms with Gasteiger partial charge in [-0.1, -0.05) is 31.5 Å². The number of rotatable bonds is 6. The first-order valence-corrected chi connectivity index (χ1v) is 6.77. The van der Waals surface area contributed by atoms with Gasteiger partial charge < -0.3 is 10.0 Å². The molecule has 104 valence electrons. The van der Waals surface area contributed by atoms with E-state index in [2.05, 4.69) is 25.7 Å². The Hall–Kier alpha value is -1.48. The molecule has 0 unspecified atom stereocenters. The van der Waals surface area contributed by atoms with Crippen molar-refractivity contribution in [2.75, 3.05) is 18.0 Å². The monoisotopic (exact) mass is 281 g/mol. The number of halogens is 1. The minimum Gasteiger partial charge on any atom is -0.478 e. The van der Waals surface area contributed by atoms with Gasteiger partial charge in [0, 0.05) is 29.9 Å². The van der Waals surface area contributed by atoms with Crippen molar-refractivity contribution in [2.24, 2.45) is 5.92 Å². The number of hydrogen-bond acceptors (Lipinski definition) is 2. The molecule has 0 saturated carbocycles. The molecule has 1 aromatic carbocycles. The second kappa shape index (κ2) is 7.19. The number of benzene rings is 1. The van der Waals surface area contributed by atoms with Gasteiger partial charge in [0.05, 0.1) is 0 Å². The van der Waals surface area contributed by atoms with Crippen molar-refractivity contribution in [3.8, 4) is 0 Å². The molecule has 19 heavy (non-hydrogen) atoms. The smallest absolute Gasteiger partial charge is 0.328 e. The summed E-state index contributed by atoms with van der Waals surface area (Å²) in [6.07, 6.45) is 2.76. The molecule has 0 atom stereocenters. The van der Waals surface area contributed by atoms with Crippen LogP contribution < -0.4 is 4.90 Å². The number of aliphatic carboxylic acids is 1. The van der Waals surface area contributed by atoms with E-state index in [0.717, 1.165) is 30.4 Å². The first-order chi connectivity index (χ1) is 8.93. The number of carboxylic acid groups (broad SMARTS) is 1. The predicted molar refractivity (Wildman–Crippen MR) is 80.8 cm³/mol. The fraction of sp³-hybridized carbons (Fsp3) is 0.400. The third kappa shape index (κ3) is 4.95. The van der Waals surface area contributed by atoms with Crippen LogP contribution in [0.1, 0.15) is 26.3 Å². The van der Waals surface area contributed by atoms with Gasteiger partial charge in [-0.2, -0.15) is 0 Å². The van der Waals surface area contributed by atoms with Crippen LogP contribution in [0.5, 0.6) is 0 Å². The van der Waals surface area contributed by atoms with Gasteiger partial charge in [0.2, 0.25) is 0 Å². The average molecular weight is 282 g/mol. The van der Waals surface area contributed by atoms with Crippen molar-refractivity contribution < 1.29 is 9.90 Å². The van der Waals surface area contributed by atoms with Gasteiger partial charge in [-0.25, -0.2) is 4.79 Å². The molecular formula is C15H20ClNO2. The SMILES string of the molecule is CCN(CC(C)C)c1cc(Cl)ccc1/C=C/C(=O)O. The largest absolute Gasteiger partial charge is 0.478 e. The Bertz CT molecular complexity index is 469. The van der Waals surface area contributed by atoms with Crippen LogP contribution in [0, 0.1) is 5.92 Å². The Morgan fingerprint density at radius 2 is 2.16 bits per heavy atom. The number of hydrogen-bond donors (Lipinski definition) is 1. The summed E-state index contributed by atoms with van der Waals surface area (Å²) in [6.45, 7) is 8.14. The lowest BCUT2D eigenvalue weighted by Crippen LogP contribution is -2.27. The van der Waals surface area contributed by atoms with Crippen LogP contribution in [-0.2, 0) is 4.79 Å². The molecule has 1 rings (SSSR count). The van der Waals surface area contributed by atoms with E-state index >= 15 is 0 Å². The molecule has 0 aliphatic carbocycles. The third-order valence-electron chi connectivity index (χ3n) is 2.71. The molecule has 4 heteroatoms. The summed E-state index contributed by atoms with van der Waals surface area (Å²) in [5.74, 6) is -0.428. The maximum atomic E-state index is 10.6. The van der Waals surface area contributed by atoms with Crippen molar-refractivity contribution in [1.82, 2.24) is 0 Å². The first kappa shape index (κ1) is 15.6. The summed E-state index contributed by atoms with van der Waals surface area (Å²) >= 11 is 6.05. The van der Waals surface area contributed by atoms with Gasteiger partial charge in [0.25, 0.3) is 0 Å².